The second-order valence-corrected chi connectivity index (χ2v) is 7.02. The smallest absolute Gasteiger partial charge is 0.326 e. The number of carbonyl (C=O) groups is 2. The molecule has 0 aliphatic rings. The first kappa shape index (κ1) is 21.9. The molecule has 1 atom stereocenters. The molecule has 0 aromatic carbocycles. The summed E-state index contributed by atoms with van der Waals surface area (Å²) in [5.41, 5.74) is 0. The molecule has 0 saturated carbocycles. The molecule has 1 amide bonds. The summed E-state index contributed by atoms with van der Waals surface area (Å²) in [5.74, 6) is -0.804. The highest BCUT2D eigenvalue weighted by atomic mass is 16.4. The summed E-state index contributed by atoms with van der Waals surface area (Å²) in [7, 11) is 0. The Balaban J connectivity index is 3.57. The number of unbranched alkanes of at least 4 members (excludes halogenated alkanes) is 9. The summed E-state index contributed by atoms with van der Waals surface area (Å²) in [6, 6.07) is -0.745. The molecule has 0 saturated heterocycles. The number of aliphatic carboxylic acids is 1. The molecule has 1 unspecified atom stereocenters. The molecule has 0 rings (SSSR count). The van der Waals surface area contributed by atoms with Crippen molar-refractivity contribution in [2.24, 2.45) is 5.92 Å². The van der Waals surface area contributed by atoms with Crippen LogP contribution in [0.25, 0.3) is 0 Å². The molecular weight excluding hydrogens is 290 g/mol. The van der Waals surface area contributed by atoms with Crippen LogP contribution in [0.5, 0.6) is 0 Å². The Morgan fingerprint density at radius 3 is 1.78 bits per heavy atom. The van der Waals surface area contributed by atoms with Crippen LogP contribution in [0, 0.1) is 5.92 Å². The molecule has 136 valence electrons. The molecule has 0 heterocycles. The third-order valence-corrected chi connectivity index (χ3v) is 4.10. The molecular formula is C19H37NO3. The first-order chi connectivity index (χ1) is 11.0. The SMILES string of the molecule is CCCCCCCCCCCCC(=O)NC(CC(C)C)C(=O)O. The van der Waals surface area contributed by atoms with E-state index in [1.807, 2.05) is 13.8 Å². The largest absolute Gasteiger partial charge is 0.480 e. The fourth-order valence-electron chi connectivity index (χ4n) is 2.73. The number of rotatable bonds is 15. The Labute approximate surface area is 142 Å². The molecule has 0 fully saturated rings. The Hall–Kier alpha value is -1.06. The number of hydrogen-bond donors (Lipinski definition) is 2. The van der Waals surface area contributed by atoms with Gasteiger partial charge in [-0.05, 0) is 18.8 Å². The molecule has 0 aliphatic heterocycles. The van der Waals surface area contributed by atoms with Crippen LogP contribution in [-0.4, -0.2) is 23.0 Å². The highest BCUT2D eigenvalue weighted by Gasteiger charge is 2.20. The van der Waals surface area contributed by atoms with Crippen LogP contribution >= 0.6 is 0 Å². The zero-order valence-electron chi connectivity index (χ0n) is 15.4. The number of carboxylic acid groups (broad SMARTS) is 1. The fourth-order valence-corrected chi connectivity index (χ4v) is 2.73. The van der Waals surface area contributed by atoms with Crippen molar-refractivity contribution in [3.05, 3.63) is 0 Å². The van der Waals surface area contributed by atoms with Gasteiger partial charge in [0.25, 0.3) is 0 Å². The second kappa shape index (κ2) is 14.5. The van der Waals surface area contributed by atoms with E-state index in [0.29, 0.717) is 12.8 Å². The minimum atomic E-state index is -0.935. The van der Waals surface area contributed by atoms with E-state index in [0.717, 1.165) is 12.8 Å². The van der Waals surface area contributed by atoms with Crippen LogP contribution in [0.2, 0.25) is 0 Å². The second-order valence-electron chi connectivity index (χ2n) is 7.02. The number of hydrogen-bond acceptors (Lipinski definition) is 2. The Morgan fingerprint density at radius 1 is 0.870 bits per heavy atom. The van der Waals surface area contributed by atoms with Crippen molar-refractivity contribution in [3.63, 3.8) is 0 Å². The quantitative estimate of drug-likeness (QED) is 0.420. The van der Waals surface area contributed by atoms with Gasteiger partial charge in [-0.2, -0.15) is 0 Å². The van der Waals surface area contributed by atoms with Crippen LogP contribution in [0.3, 0.4) is 0 Å². The molecule has 0 radical (unpaired) electrons. The van der Waals surface area contributed by atoms with Crippen molar-refractivity contribution in [2.75, 3.05) is 0 Å². The van der Waals surface area contributed by atoms with Crippen molar-refractivity contribution in [2.45, 2.75) is 104 Å². The van der Waals surface area contributed by atoms with E-state index in [9.17, 15) is 9.59 Å². The van der Waals surface area contributed by atoms with Gasteiger partial charge in [0.15, 0.2) is 0 Å². The summed E-state index contributed by atoms with van der Waals surface area (Å²) >= 11 is 0. The minimum Gasteiger partial charge on any atom is -0.480 e. The number of carboxylic acids is 1. The molecule has 0 aliphatic carbocycles. The third-order valence-electron chi connectivity index (χ3n) is 4.10. The van der Waals surface area contributed by atoms with Gasteiger partial charge in [0.2, 0.25) is 5.91 Å². The normalized spacial score (nSPS) is 12.3. The molecule has 0 aromatic heterocycles. The van der Waals surface area contributed by atoms with Gasteiger partial charge < -0.3 is 10.4 Å². The van der Waals surface area contributed by atoms with Crippen molar-refractivity contribution in [1.82, 2.24) is 5.32 Å². The van der Waals surface area contributed by atoms with Crippen LogP contribution in [0.15, 0.2) is 0 Å². The predicted molar refractivity (Wildman–Crippen MR) is 95.5 cm³/mol. The van der Waals surface area contributed by atoms with Gasteiger partial charge in [-0.15, -0.1) is 0 Å². The minimum absolute atomic E-state index is 0.127. The van der Waals surface area contributed by atoms with E-state index in [1.54, 1.807) is 0 Å². The molecule has 0 bridgehead atoms. The van der Waals surface area contributed by atoms with Gasteiger partial charge in [-0.3, -0.25) is 4.79 Å². The van der Waals surface area contributed by atoms with Gasteiger partial charge in [-0.25, -0.2) is 4.79 Å². The monoisotopic (exact) mass is 327 g/mol. The lowest BCUT2D eigenvalue weighted by atomic mass is 10.0. The average Bonchev–Trinajstić information content (AvgIpc) is 2.48. The third kappa shape index (κ3) is 14.3. The summed E-state index contributed by atoms with van der Waals surface area (Å²) in [6.07, 6.45) is 13.2. The topological polar surface area (TPSA) is 66.4 Å². The van der Waals surface area contributed by atoms with Crippen molar-refractivity contribution < 1.29 is 14.7 Å². The Bertz CT molecular complexity index is 316. The van der Waals surface area contributed by atoms with E-state index in [4.69, 9.17) is 5.11 Å². The zero-order chi connectivity index (χ0) is 17.5. The maximum atomic E-state index is 11.8. The maximum absolute atomic E-state index is 11.8. The lowest BCUT2D eigenvalue weighted by Crippen LogP contribution is -2.41. The van der Waals surface area contributed by atoms with Crippen LogP contribution in [-0.2, 0) is 9.59 Å². The fraction of sp³-hybridized carbons (Fsp3) is 0.895. The molecule has 4 heteroatoms. The lowest BCUT2D eigenvalue weighted by Gasteiger charge is -2.16. The molecule has 4 nitrogen and oxygen atoms in total. The van der Waals surface area contributed by atoms with E-state index >= 15 is 0 Å². The van der Waals surface area contributed by atoms with Gasteiger partial charge in [0, 0.05) is 6.42 Å². The molecule has 2 N–H and O–H groups in total. The van der Waals surface area contributed by atoms with E-state index < -0.39 is 12.0 Å². The Morgan fingerprint density at radius 2 is 1.35 bits per heavy atom. The van der Waals surface area contributed by atoms with Gasteiger partial charge >= 0.3 is 5.97 Å². The molecule has 23 heavy (non-hydrogen) atoms. The standard InChI is InChI=1S/C19H37NO3/c1-4-5-6-7-8-9-10-11-12-13-14-18(21)20-17(19(22)23)15-16(2)3/h16-17H,4-15H2,1-3H3,(H,20,21)(H,22,23). The van der Waals surface area contributed by atoms with Crippen LogP contribution < -0.4 is 5.32 Å². The number of nitrogens with one attached hydrogen (secondary N) is 1. The van der Waals surface area contributed by atoms with Gasteiger partial charge in [0.05, 0.1) is 0 Å². The van der Waals surface area contributed by atoms with E-state index in [2.05, 4.69) is 12.2 Å². The zero-order valence-corrected chi connectivity index (χ0v) is 15.4. The lowest BCUT2D eigenvalue weighted by molar-refractivity contribution is -0.142. The van der Waals surface area contributed by atoms with Crippen molar-refractivity contribution >= 4 is 11.9 Å². The summed E-state index contributed by atoms with van der Waals surface area (Å²) in [5, 5.41) is 11.7. The van der Waals surface area contributed by atoms with Crippen LogP contribution in [0.1, 0.15) is 97.8 Å². The van der Waals surface area contributed by atoms with Crippen LogP contribution in [0.4, 0.5) is 0 Å². The first-order valence-corrected chi connectivity index (χ1v) is 9.49. The highest BCUT2D eigenvalue weighted by Crippen LogP contribution is 2.11. The summed E-state index contributed by atoms with van der Waals surface area (Å²) in [4.78, 5) is 22.9. The van der Waals surface area contributed by atoms with E-state index in [1.165, 1.54) is 51.4 Å². The van der Waals surface area contributed by atoms with E-state index in [-0.39, 0.29) is 11.8 Å². The number of carbonyl (C=O) groups excluding carboxylic acids is 1. The van der Waals surface area contributed by atoms with Crippen molar-refractivity contribution in [1.29, 1.82) is 0 Å². The highest BCUT2D eigenvalue weighted by molar-refractivity contribution is 5.83. The van der Waals surface area contributed by atoms with Gasteiger partial charge in [0.1, 0.15) is 6.04 Å². The predicted octanol–water partition coefficient (Wildman–Crippen LogP) is 4.91. The molecule has 0 aromatic rings. The summed E-state index contributed by atoms with van der Waals surface area (Å²) in [6.45, 7) is 6.16. The summed E-state index contributed by atoms with van der Waals surface area (Å²) < 4.78 is 0. The Kier molecular flexibility index (Phi) is 13.9. The van der Waals surface area contributed by atoms with Crippen molar-refractivity contribution in [3.8, 4) is 0 Å². The molecule has 0 spiro atoms. The number of amides is 1. The maximum Gasteiger partial charge on any atom is 0.326 e. The first-order valence-electron chi connectivity index (χ1n) is 9.49. The van der Waals surface area contributed by atoms with Gasteiger partial charge in [-0.1, -0.05) is 78.6 Å². The average molecular weight is 328 g/mol.